The van der Waals surface area contributed by atoms with Crippen LogP contribution in [0.25, 0.3) is 11.1 Å². The molecule has 0 amide bonds. The maximum absolute atomic E-state index is 4.59. The van der Waals surface area contributed by atoms with Crippen molar-refractivity contribution in [3.63, 3.8) is 0 Å². The van der Waals surface area contributed by atoms with Gasteiger partial charge in [-0.2, -0.15) is 0 Å². The van der Waals surface area contributed by atoms with Crippen molar-refractivity contribution in [1.82, 2.24) is 9.88 Å². The Morgan fingerprint density at radius 1 is 1.08 bits per heavy atom. The molecule has 0 spiro atoms. The van der Waals surface area contributed by atoms with E-state index in [2.05, 4.69) is 60.1 Å². The van der Waals surface area contributed by atoms with Gasteiger partial charge in [0.2, 0.25) is 0 Å². The average molecular weight is 320 g/mol. The summed E-state index contributed by atoms with van der Waals surface area (Å²) in [5, 5.41) is 0. The van der Waals surface area contributed by atoms with Gasteiger partial charge in [-0.3, -0.25) is 4.98 Å². The van der Waals surface area contributed by atoms with Crippen molar-refractivity contribution in [2.24, 2.45) is 5.92 Å². The van der Waals surface area contributed by atoms with Gasteiger partial charge >= 0.3 is 0 Å². The van der Waals surface area contributed by atoms with E-state index in [-0.39, 0.29) is 0 Å². The zero-order valence-electron chi connectivity index (χ0n) is 15.1. The number of likely N-dealkylation sites (tertiary alicyclic amines) is 1. The van der Waals surface area contributed by atoms with Crippen molar-refractivity contribution in [1.29, 1.82) is 0 Å². The number of rotatable bonds is 4. The molecular weight excluding hydrogens is 292 g/mol. The minimum absolute atomic E-state index is 0.782. The predicted octanol–water partition coefficient (Wildman–Crippen LogP) is 4.95. The van der Waals surface area contributed by atoms with Gasteiger partial charge in [0.25, 0.3) is 0 Å². The van der Waals surface area contributed by atoms with Crippen LogP contribution in [-0.4, -0.2) is 29.0 Å². The zero-order chi connectivity index (χ0) is 16.7. The molecule has 0 N–H and O–H groups in total. The number of hydrogen-bond acceptors (Lipinski definition) is 2. The van der Waals surface area contributed by atoms with Gasteiger partial charge in [0.15, 0.2) is 0 Å². The Labute approximate surface area is 145 Å². The maximum Gasteiger partial charge on any atom is 0.0454 e. The number of pyridine rings is 1. The highest BCUT2D eigenvalue weighted by Crippen LogP contribution is 2.48. The lowest BCUT2D eigenvalue weighted by Crippen LogP contribution is -2.29. The first-order chi connectivity index (χ1) is 11.6. The van der Waals surface area contributed by atoms with Crippen LogP contribution in [0, 0.1) is 19.8 Å². The number of nitrogens with zero attached hydrogens (tertiary/aromatic N) is 2. The first-order valence-electron chi connectivity index (χ1n) is 9.40. The highest BCUT2D eigenvalue weighted by atomic mass is 15.2. The van der Waals surface area contributed by atoms with Crippen LogP contribution < -0.4 is 0 Å². The molecular formula is C22H28N2. The van der Waals surface area contributed by atoms with Crippen molar-refractivity contribution in [3.8, 4) is 11.1 Å². The van der Waals surface area contributed by atoms with Crippen LogP contribution in [0.3, 0.4) is 0 Å². The monoisotopic (exact) mass is 320 g/mol. The van der Waals surface area contributed by atoms with Gasteiger partial charge in [-0.05, 0) is 75.6 Å². The summed E-state index contributed by atoms with van der Waals surface area (Å²) in [7, 11) is 0. The molecule has 2 aliphatic rings. The van der Waals surface area contributed by atoms with Gasteiger partial charge in [0.05, 0.1) is 0 Å². The normalized spacial score (nSPS) is 26.7. The molecule has 2 heteroatoms. The molecule has 1 aliphatic carbocycles. The van der Waals surface area contributed by atoms with Gasteiger partial charge < -0.3 is 4.90 Å². The molecule has 4 rings (SSSR count). The molecule has 2 nitrogen and oxygen atoms in total. The molecule has 0 unspecified atom stereocenters. The predicted molar refractivity (Wildman–Crippen MR) is 100 cm³/mol. The van der Waals surface area contributed by atoms with E-state index in [0.717, 1.165) is 29.3 Å². The molecule has 0 bridgehead atoms. The molecule has 2 aromatic rings. The van der Waals surface area contributed by atoms with Crippen LogP contribution in [0.15, 0.2) is 36.4 Å². The van der Waals surface area contributed by atoms with Crippen LogP contribution in [0.2, 0.25) is 0 Å². The Morgan fingerprint density at radius 3 is 2.54 bits per heavy atom. The fourth-order valence-electron chi connectivity index (χ4n) is 4.32. The molecule has 1 saturated heterocycles. The summed E-state index contributed by atoms with van der Waals surface area (Å²) in [6, 6.07) is 14.3. The minimum atomic E-state index is 0.782. The van der Waals surface area contributed by atoms with Crippen molar-refractivity contribution in [3.05, 3.63) is 53.3 Å². The molecule has 0 radical (unpaired) electrons. The summed E-state index contributed by atoms with van der Waals surface area (Å²) in [5.74, 6) is 1.66. The fraction of sp³-hybridized carbons (Fsp3) is 0.500. The van der Waals surface area contributed by atoms with Crippen LogP contribution in [-0.2, 0) is 0 Å². The molecule has 24 heavy (non-hydrogen) atoms. The number of hydrogen-bond donors (Lipinski definition) is 0. The summed E-state index contributed by atoms with van der Waals surface area (Å²) in [4.78, 5) is 7.29. The van der Waals surface area contributed by atoms with E-state index in [0.29, 0.717) is 0 Å². The lowest BCUT2D eigenvalue weighted by Gasteiger charge is -2.20. The van der Waals surface area contributed by atoms with E-state index >= 15 is 0 Å². The standard InChI is InChI=1S/C22H28N2/c1-15-6-11-21(17(3)23-15)18-7-9-19(10-8-18)22-13-20(22)14-24-12-4-5-16(24)2/h6-11,16,20,22H,4-5,12-14H2,1-3H3/t16-,20-,22-/m1/s1. The summed E-state index contributed by atoms with van der Waals surface area (Å²) in [6.07, 6.45) is 4.14. The second-order valence-corrected chi connectivity index (χ2v) is 7.80. The van der Waals surface area contributed by atoms with Gasteiger partial charge in [0, 0.05) is 29.5 Å². The highest BCUT2D eigenvalue weighted by Gasteiger charge is 2.40. The SMILES string of the molecule is Cc1ccc(-c2ccc([C@H]3C[C@@H]3CN3CCC[C@H]3C)cc2)c(C)n1. The smallest absolute Gasteiger partial charge is 0.0454 e. The topological polar surface area (TPSA) is 16.1 Å². The lowest BCUT2D eigenvalue weighted by molar-refractivity contribution is 0.256. The molecule has 126 valence electrons. The third-order valence-electron chi connectivity index (χ3n) is 5.96. The lowest BCUT2D eigenvalue weighted by atomic mass is 10.0. The van der Waals surface area contributed by atoms with Crippen molar-refractivity contribution < 1.29 is 0 Å². The molecule has 2 heterocycles. The summed E-state index contributed by atoms with van der Waals surface area (Å²) in [5.41, 5.74) is 6.27. The van der Waals surface area contributed by atoms with E-state index in [1.165, 1.54) is 49.0 Å². The van der Waals surface area contributed by atoms with E-state index in [1.807, 2.05) is 6.92 Å². The molecule has 1 aromatic heterocycles. The molecule has 2 fully saturated rings. The molecule has 3 atom stereocenters. The summed E-state index contributed by atoms with van der Waals surface area (Å²) < 4.78 is 0. The van der Waals surface area contributed by atoms with Gasteiger partial charge in [-0.1, -0.05) is 30.3 Å². The second kappa shape index (κ2) is 6.33. The van der Waals surface area contributed by atoms with Gasteiger partial charge in [-0.15, -0.1) is 0 Å². The van der Waals surface area contributed by atoms with Crippen molar-refractivity contribution in [2.45, 2.75) is 52.0 Å². The van der Waals surface area contributed by atoms with Crippen LogP contribution in [0.5, 0.6) is 0 Å². The Kier molecular flexibility index (Phi) is 4.17. The van der Waals surface area contributed by atoms with Crippen LogP contribution >= 0.6 is 0 Å². The zero-order valence-corrected chi connectivity index (χ0v) is 15.1. The Balaban J connectivity index is 1.43. The molecule has 1 aliphatic heterocycles. The third kappa shape index (κ3) is 3.12. The quantitative estimate of drug-likeness (QED) is 0.792. The summed E-state index contributed by atoms with van der Waals surface area (Å²) in [6.45, 7) is 9.15. The van der Waals surface area contributed by atoms with Gasteiger partial charge in [0.1, 0.15) is 0 Å². The Bertz CT molecular complexity index is 719. The van der Waals surface area contributed by atoms with Crippen molar-refractivity contribution >= 4 is 0 Å². The van der Waals surface area contributed by atoms with Crippen LogP contribution in [0.4, 0.5) is 0 Å². The van der Waals surface area contributed by atoms with E-state index in [1.54, 1.807) is 0 Å². The van der Waals surface area contributed by atoms with E-state index in [9.17, 15) is 0 Å². The number of aromatic nitrogens is 1. The van der Waals surface area contributed by atoms with E-state index in [4.69, 9.17) is 0 Å². The molecule has 1 saturated carbocycles. The van der Waals surface area contributed by atoms with E-state index < -0.39 is 0 Å². The largest absolute Gasteiger partial charge is 0.300 e. The van der Waals surface area contributed by atoms with Crippen molar-refractivity contribution in [2.75, 3.05) is 13.1 Å². The maximum atomic E-state index is 4.59. The Morgan fingerprint density at radius 2 is 1.88 bits per heavy atom. The fourth-order valence-corrected chi connectivity index (χ4v) is 4.32. The Hall–Kier alpha value is -1.67. The molecule has 1 aromatic carbocycles. The minimum Gasteiger partial charge on any atom is -0.300 e. The first-order valence-corrected chi connectivity index (χ1v) is 9.40. The second-order valence-electron chi connectivity index (χ2n) is 7.80. The highest BCUT2D eigenvalue weighted by molar-refractivity contribution is 5.66. The third-order valence-corrected chi connectivity index (χ3v) is 5.96. The van der Waals surface area contributed by atoms with Gasteiger partial charge in [-0.25, -0.2) is 0 Å². The summed E-state index contributed by atoms with van der Waals surface area (Å²) >= 11 is 0. The number of benzene rings is 1. The average Bonchev–Trinajstić information content (AvgIpc) is 3.22. The van der Waals surface area contributed by atoms with Crippen LogP contribution in [0.1, 0.15) is 49.1 Å². The number of aryl methyl sites for hydroxylation is 2. The first kappa shape index (κ1) is 15.8.